The van der Waals surface area contributed by atoms with E-state index >= 15 is 0 Å². The molecule has 98 valence electrons. The molecule has 2 rings (SSSR count). The number of methoxy groups -OCH3 is 1. The second kappa shape index (κ2) is 6.47. The highest BCUT2D eigenvalue weighted by Gasteiger charge is 2.36. The quantitative estimate of drug-likeness (QED) is 0.656. The van der Waals surface area contributed by atoms with Crippen LogP contribution in [0.2, 0.25) is 0 Å². The SMILES string of the molecule is COCCOCCN1C2CCCC1CC(=O)C2. The van der Waals surface area contributed by atoms with E-state index in [9.17, 15) is 4.79 Å². The molecule has 2 unspecified atom stereocenters. The van der Waals surface area contributed by atoms with E-state index in [0.29, 0.717) is 31.1 Å². The van der Waals surface area contributed by atoms with Gasteiger partial charge in [0.25, 0.3) is 0 Å². The first kappa shape index (κ1) is 13.0. The summed E-state index contributed by atoms with van der Waals surface area (Å²) >= 11 is 0. The molecular weight excluding hydrogens is 218 g/mol. The van der Waals surface area contributed by atoms with Gasteiger partial charge in [0, 0.05) is 38.6 Å². The van der Waals surface area contributed by atoms with Gasteiger partial charge in [-0.05, 0) is 12.8 Å². The van der Waals surface area contributed by atoms with Gasteiger partial charge in [-0.25, -0.2) is 0 Å². The van der Waals surface area contributed by atoms with Crippen LogP contribution in [0, 0.1) is 0 Å². The number of hydrogen-bond acceptors (Lipinski definition) is 4. The number of hydrogen-bond donors (Lipinski definition) is 0. The summed E-state index contributed by atoms with van der Waals surface area (Å²) < 4.78 is 10.5. The van der Waals surface area contributed by atoms with Crippen LogP contribution in [0.25, 0.3) is 0 Å². The minimum atomic E-state index is 0.455. The highest BCUT2D eigenvalue weighted by atomic mass is 16.5. The first-order chi connectivity index (χ1) is 8.31. The van der Waals surface area contributed by atoms with Gasteiger partial charge >= 0.3 is 0 Å². The summed E-state index contributed by atoms with van der Waals surface area (Å²) in [6, 6.07) is 0.974. The van der Waals surface area contributed by atoms with E-state index in [0.717, 1.165) is 26.0 Å². The Morgan fingerprint density at radius 2 is 1.88 bits per heavy atom. The zero-order chi connectivity index (χ0) is 12.1. The van der Waals surface area contributed by atoms with Gasteiger partial charge in [-0.1, -0.05) is 6.42 Å². The molecule has 2 heterocycles. The third kappa shape index (κ3) is 3.50. The molecule has 0 saturated carbocycles. The van der Waals surface area contributed by atoms with Crippen molar-refractivity contribution in [2.45, 2.75) is 44.2 Å². The summed E-state index contributed by atoms with van der Waals surface area (Å²) in [5.74, 6) is 0.455. The van der Waals surface area contributed by atoms with Crippen LogP contribution in [-0.2, 0) is 14.3 Å². The molecule has 0 spiro atoms. The summed E-state index contributed by atoms with van der Waals surface area (Å²) in [5, 5.41) is 0. The smallest absolute Gasteiger partial charge is 0.136 e. The van der Waals surface area contributed by atoms with Crippen LogP contribution >= 0.6 is 0 Å². The standard InChI is InChI=1S/C13H23NO3/c1-16-7-8-17-6-5-14-11-3-2-4-12(14)10-13(15)9-11/h11-12H,2-10H2,1H3. The van der Waals surface area contributed by atoms with Crippen molar-refractivity contribution >= 4 is 5.78 Å². The number of Topliss-reactive ketones (excluding diaryl/α,β-unsaturated/α-hetero) is 1. The molecule has 2 atom stereocenters. The summed E-state index contributed by atoms with van der Waals surface area (Å²) in [7, 11) is 1.68. The Balaban J connectivity index is 1.74. The maximum absolute atomic E-state index is 11.6. The number of nitrogens with zero attached hydrogens (tertiary/aromatic N) is 1. The maximum Gasteiger partial charge on any atom is 0.136 e. The minimum absolute atomic E-state index is 0.455. The fraction of sp³-hybridized carbons (Fsp3) is 0.923. The molecule has 2 fully saturated rings. The first-order valence-corrected chi connectivity index (χ1v) is 6.65. The Morgan fingerprint density at radius 1 is 1.18 bits per heavy atom. The number of piperidine rings is 2. The molecule has 2 saturated heterocycles. The van der Waals surface area contributed by atoms with Crippen LogP contribution in [0.1, 0.15) is 32.1 Å². The van der Waals surface area contributed by atoms with E-state index in [-0.39, 0.29) is 0 Å². The van der Waals surface area contributed by atoms with Crippen LogP contribution in [-0.4, -0.2) is 56.2 Å². The number of ketones is 1. The molecule has 0 N–H and O–H groups in total. The molecule has 0 amide bonds. The largest absolute Gasteiger partial charge is 0.382 e. The van der Waals surface area contributed by atoms with Crippen molar-refractivity contribution in [2.24, 2.45) is 0 Å². The molecule has 4 heteroatoms. The molecule has 2 aliphatic heterocycles. The highest BCUT2D eigenvalue weighted by molar-refractivity contribution is 5.80. The van der Waals surface area contributed by atoms with Crippen molar-refractivity contribution in [3.05, 3.63) is 0 Å². The van der Waals surface area contributed by atoms with Crippen LogP contribution in [0.3, 0.4) is 0 Å². The molecular formula is C13H23NO3. The van der Waals surface area contributed by atoms with Crippen molar-refractivity contribution in [1.29, 1.82) is 0 Å². The van der Waals surface area contributed by atoms with Crippen LogP contribution < -0.4 is 0 Å². The highest BCUT2D eigenvalue weighted by Crippen LogP contribution is 2.31. The molecule has 0 aromatic carbocycles. The summed E-state index contributed by atoms with van der Waals surface area (Å²) in [6.45, 7) is 3.04. The predicted molar refractivity (Wildman–Crippen MR) is 65.1 cm³/mol. The van der Waals surface area contributed by atoms with Crippen LogP contribution in [0.15, 0.2) is 0 Å². The van der Waals surface area contributed by atoms with Gasteiger partial charge in [-0.2, -0.15) is 0 Å². The first-order valence-electron chi connectivity index (χ1n) is 6.65. The Morgan fingerprint density at radius 3 is 2.53 bits per heavy atom. The Labute approximate surface area is 103 Å². The van der Waals surface area contributed by atoms with Crippen molar-refractivity contribution in [3.8, 4) is 0 Å². The number of rotatable bonds is 6. The van der Waals surface area contributed by atoms with Crippen molar-refractivity contribution in [2.75, 3.05) is 33.5 Å². The third-order valence-corrected chi connectivity index (χ3v) is 3.86. The second-order valence-electron chi connectivity index (χ2n) is 5.03. The number of fused-ring (bicyclic) bond motifs is 2. The lowest BCUT2D eigenvalue weighted by Gasteiger charge is -2.45. The van der Waals surface area contributed by atoms with Gasteiger partial charge in [0.15, 0.2) is 0 Å². The van der Waals surface area contributed by atoms with Crippen LogP contribution in [0.4, 0.5) is 0 Å². The van der Waals surface area contributed by atoms with E-state index in [1.54, 1.807) is 7.11 Å². The summed E-state index contributed by atoms with van der Waals surface area (Å²) in [4.78, 5) is 14.1. The van der Waals surface area contributed by atoms with Crippen LogP contribution in [0.5, 0.6) is 0 Å². The lowest BCUT2D eigenvalue weighted by Crippen LogP contribution is -2.53. The molecule has 17 heavy (non-hydrogen) atoms. The van der Waals surface area contributed by atoms with Gasteiger partial charge in [0.2, 0.25) is 0 Å². The minimum Gasteiger partial charge on any atom is -0.382 e. The van der Waals surface area contributed by atoms with E-state index in [2.05, 4.69) is 4.90 Å². The molecule has 0 radical (unpaired) electrons. The average molecular weight is 241 g/mol. The van der Waals surface area contributed by atoms with E-state index in [4.69, 9.17) is 9.47 Å². The topological polar surface area (TPSA) is 38.8 Å². The number of ether oxygens (including phenoxy) is 2. The Bertz CT molecular complexity index is 241. The molecule has 2 bridgehead atoms. The fourth-order valence-corrected chi connectivity index (χ4v) is 3.05. The lowest BCUT2D eigenvalue weighted by atomic mass is 9.84. The van der Waals surface area contributed by atoms with E-state index < -0.39 is 0 Å². The molecule has 0 aromatic rings. The third-order valence-electron chi connectivity index (χ3n) is 3.86. The summed E-state index contributed by atoms with van der Waals surface area (Å²) in [6.07, 6.45) is 5.16. The lowest BCUT2D eigenvalue weighted by molar-refractivity contribution is -0.127. The maximum atomic E-state index is 11.6. The average Bonchev–Trinajstić information content (AvgIpc) is 2.29. The molecule has 4 nitrogen and oxygen atoms in total. The Hall–Kier alpha value is -0.450. The van der Waals surface area contributed by atoms with Crippen molar-refractivity contribution in [1.82, 2.24) is 4.90 Å². The zero-order valence-electron chi connectivity index (χ0n) is 10.7. The van der Waals surface area contributed by atoms with Crippen molar-refractivity contribution < 1.29 is 14.3 Å². The molecule has 0 aliphatic carbocycles. The van der Waals surface area contributed by atoms with Gasteiger partial charge in [0.05, 0.1) is 19.8 Å². The zero-order valence-corrected chi connectivity index (χ0v) is 10.7. The van der Waals surface area contributed by atoms with Crippen molar-refractivity contribution in [3.63, 3.8) is 0 Å². The predicted octanol–water partition coefficient (Wildman–Crippen LogP) is 1.24. The monoisotopic (exact) mass is 241 g/mol. The number of carbonyl (C=O) groups is 1. The molecule has 0 aromatic heterocycles. The van der Waals surface area contributed by atoms with Gasteiger partial charge in [-0.15, -0.1) is 0 Å². The summed E-state index contributed by atoms with van der Waals surface area (Å²) in [5.41, 5.74) is 0. The van der Waals surface area contributed by atoms with E-state index in [1.165, 1.54) is 19.3 Å². The number of carbonyl (C=O) groups excluding carboxylic acids is 1. The normalized spacial score (nSPS) is 29.6. The fourth-order valence-electron chi connectivity index (χ4n) is 3.05. The molecule has 2 aliphatic rings. The van der Waals surface area contributed by atoms with Gasteiger partial charge in [-0.3, -0.25) is 9.69 Å². The van der Waals surface area contributed by atoms with Gasteiger partial charge < -0.3 is 9.47 Å². The van der Waals surface area contributed by atoms with E-state index in [1.807, 2.05) is 0 Å². The van der Waals surface area contributed by atoms with Gasteiger partial charge in [0.1, 0.15) is 5.78 Å². The Kier molecular flexibility index (Phi) is 4.95. The second-order valence-corrected chi connectivity index (χ2v) is 5.03.